The lowest BCUT2D eigenvalue weighted by atomic mass is 9.86. The van der Waals surface area contributed by atoms with Gasteiger partial charge in [0.05, 0.1) is 0 Å². The summed E-state index contributed by atoms with van der Waals surface area (Å²) in [5.41, 5.74) is 6.18. The van der Waals surface area contributed by atoms with Crippen molar-refractivity contribution in [3.8, 4) is 22.6 Å². The third-order valence-corrected chi connectivity index (χ3v) is 5.45. The highest BCUT2D eigenvalue weighted by Crippen LogP contribution is 2.42. The van der Waals surface area contributed by atoms with Crippen LogP contribution in [-0.2, 0) is 9.59 Å². The molecule has 0 radical (unpaired) electrons. The van der Waals surface area contributed by atoms with Crippen LogP contribution >= 0.6 is 0 Å². The maximum absolute atomic E-state index is 11.2. The number of carbonyl (C=O) groups is 2. The van der Waals surface area contributed by atoms with Crippen LogP contribution in [0, 0.1) is 0 Å². The molecule has 162 valence electrons. The summed E-state index contributed by atoms with van der Waals surface area (Å²) in [5.74, 6) is 2.11. The Bertz CT molecular complexity index is 774. The highest BCUT2D eigenvalue weighted by atomic mass is 16.5. The van der Waals surface area contributed by atoms with Crippen molar-refractivity contribution in [3.63, 3.8) is 0 Å². The van der Waals surface area contributed by atoms with Crippen LogP contribution in [0.3, 0.4) is 0 Å². The van der Waals surface area contributed by atoms with Crippen LogP contribution in [0.25, 0.3) is 11.1 Å². The number of hydrogen-bond donors (Lipinski definition) is 0. The van der Waals surface area contributed by atoms with Crippen molar-refractivity contribution in [3.05, 3.63) is 46.5 Å². The Kier molecular flexibility index (Phi) is 7.83. The van der Waals surface area contributed by atoms with Gasteiger partial charge in [-0.2, -0.15) is 0 Å². The summed E-state index contributed by atoms with van der Waals surface area (Å²) < 4.78 is 10.8. The van der Waals surface area contributed by atoms with Crippen molar-refractivity contribution in [1.29, 1.82) is 0 Å². The summed E-state index contributed by atoms with van der Waals surface area (Å²) in [5, 5.41) is 0. The lowest BCUT2D eigenvalue weighted by Crippen LogP contribution is -2.05. The quantitative estimate of drug-likeness (QED) is 0.421. The number of ether oxygens (including phenoxy) is 2. The summed E-state index contributed by atoms with van der Waals surface area (Å²) in [6, 6.07) is 8.44. The molecule has 0 aromatic heterocycles. The fourth-order valence-electron chi connectivity index (χ4n) is 3.77. The third-order valence-electron chi connectivity index (χ3n) is 5.45. The molecule has 2 rings (SSSR count). The fraction of sp³-hybridized carbons (Fsp3) is 0.462. The molecule has 0 amide bonds. The molecule has 0 saturated heterocycles. The van der Waals surface area contributed by atoms with Gasteiger partial charge in [-0.05, 0) is 81.3 Å². The van der Waals surface area contributed by atoms with Crippen LogP contribution in [0.1, 0.15) is 101 Å². The first-order chi connectivity index (χ1) is 14.1. The average molecular weight is 411 g/mol. The Morgan fingerprint density at radius 1 is 0.533 bits per heavy atom. The monoisotopic (exact) mass is 410 g/mol. The summed E-state index contributed by atoms with van der Waals surface area (Å²) >= 11 is 0. The lowest BCUT2D eigenvalue weighted by Gasteiger charge is -2.22. The van der Waals surface area contributed by atoms with Crippen LogP contribution < -0.4 is 9.47 Å². The standard InChI is InChI=1S/C26H34O4/c1-15(2)21-9-19(10-22(16(3)4)25(21)29-13-27)20-11-23(17(5)6)26(30-14-28)24(12-20)18(7)8/h9-18H,1-8H3. The van der Waals surface area contributed by atoms with Crippen molar-refractivity contribution < 1.29 is 19.1 Å². The molecule has 0 aliphatic heterocycles. The molecule has 0 unspecified atom stereocenters. The van der Waals surface area contributed by atoms with Crippen molar-refractivity contribution in [2.45, 2.75) is 79.1 Å². The van der Waals surface area contributed by atoms with Crippen LogP contribution in [0.2, 0.25) is 0 Å². The largest absolute Gasteiger partial charge is 0.428 e. The molecule has 0 atom stereocenters. The van der Waals surface area contributed by atoms with E-state index in [0.717, 1.165) is 33.4 Å². The summed E-state index contributed by atoms with van der Waals surface area (Å²) in [6.45, 7) is 17.8. The second-order valence-corrected chi connectivity index (χ2v) is 9.01. The summed E-state index contributed by atoms with van der Waals surface area (Å²) in [4.78, 5) is 22.3. The lowest BCUT2D eigenvalue weighted by molar-refractivity contribution is -0.121. The van der Waals surface area contributed by atoms with E-state index in [0.29, 0.717) is 24.4 Å². The van der Waals surface area contributed by atoms with E-state index >= 15 is 0 Å². The molecule has 30 heavy (non-hydrogen) atoms. The molecule has 0 aliphatic carbocycles. The second kappa shape index (κ2) is 9.92. The molecule has 0 aliphatic rings. The first kappa shape index (κ1) is 23.7. The molecule has 2 aromatic rings. The normalized spacial score (nSPS) is 11.5. The highest BCUT2D eigenvalue weighted by molar-refractivity contribution is 5.73. The van der Waals surface area contributed by atoms with Gasteiger partial charge in [-0.1, -0.05) is 55.4 Å². The van der Waals surface area contributed by atoms with Gasteiger partial charge in [0.25, 0.3) is 12.9 Å². The molecule has 0 bridgehead atoms. The van der Waals surface area contributed by atoms with E-state index in [1.807, 2.05) is 0 Å². The molecule has 4 heteroatoms. The molecule has 0 fully saturated rings. The van der Waals surface area contributed by atoms with E-state index < -0.39 is 0 Å². The first-order valence-electron chi connectivity index (χ1n) is 10.7. The van der Waals surface area contributed by atoms with Crippen LogP contribution in [0.15, 0.2) is 24.3 Å². The van der Waals surface area contributed by atoms with Crippen molar-refractivity contribution in [2.75, 3.05) is 0 Å². The number of benzene rings is 2. The minimum Gasteiger partial charge on any atom is -0.428 e. The van der Waals surface area contributed by atoms with Gasteiger partial charge >= 0.3 is 0 Å². The number of rotatable bonds is 9. The minimum atomic E-state index is 0.198. The zero-order valence-corrected chi connectivity index (χ0v) is 19.4. The smallest absolute Gasteiger partial charge is 0.298 e. The van der Waals surface area contributed by atoms with E-state index in [-0.39, 0.29) is 23.7 Å². The topological polar surface area (TPSA) is 52.6 Å². The van der Waals surface area contributed by atoms with Crippen molar-refractivity contribution in [2.24, 2.45) is 0 Å². The molecule has 2 aromatic carbocycles. The van der Waals surface area contributed by atoms with Gasteiger partial charge in [0.2, 0.25) is 0 Å². The minimum absolute atomic E-state index is 0.198. The molecule has 0 N–H and O–H groups in total. The fourth-order valence-corrected chi connectivity index (χ4v) is 3.77. The van der Waals surface area contributed by atoms with E-state index in [2.05, 4.69) is 79.7 Å². The zero-order chi connectivity index (χ0) is 22.6. The van der Waals surface area contributed by atoms with Gasteiger partial charge in [0, 0.05) is 0 Å². The van der Waals surface area contributed by atoms with Gasteiger partial charge in [-0.15, -0.1) is 0 Å². The van der Waals surface area contributed by atoms with Crippen LogP contribution in [0.5, 0.6) is 11.5 Å². The van der Waals surface area contributed by atoms with E-state index in [4.69, 9.17) is 9.47 Å². The molecular weight excluding hydrogens is 376 g/mol. The Labute approximate surface area is 180 Å². The molecule has 0 heterocycles. The SMILES string of the molecule is CC(C)c1cc(-c2cc(C(C)C)c(OC=O)c(C(C)C)c2)cc(C(C)C)c1OC=O. The third kappa shape index (κ3) is 4.92. The highest BCUT2D eigenvalue weighted by Gasteiger charge is 2.21. The second-order valence-electron chi connectivity index (χ2n) is 9.01. The number of carbonyl (C=O) groups excluding carboxylic acids is 2. The Morgan fingerprint density at radius 3 is 0.933 bits per heavy atom. The maximum atomic E-state index is 11.2. The van der Waals surface area contributed by atoms with Gasteiger partial charge in [-0.25, -0.2) is 0 Å². The van der Waals surface area contributed by atoms with Crippen molar-refractivity contribution in [1.82, 2.24) is 0 Å². The summed E-state index contributed by atoms with van der Waals surface area (Å²) in [6.07, 6.45) is 0. The van der Waals surface area contributed by atoms with Crippen molar-refractivity contribution >= 4 is 12.9 Å². The van der Waals surface area contributed by atoms with E-state index in [1.54, 1.807) is 0 Å². The van der Waals surface area contributed by atoms with Crippen LogP contribution in [-0.4, -0.2) is 12.9 Å². The Balaban J connectivity index is 2.85. The van der Waals surface area contributed by atoms with Gasteiger partial charge in [0.15, 0.2) is 0 Å². The Morgan fingerprint density at radius 2 is 0.767 bits per heavy atom. The zero-order valence-electron chi connectivity index (χ0n) is 19.4. The van der Waals surface area contributed by atoms with Gasteiger partial charge in [0.1, 0.15) is 11.5 Å². The van der Waals surface area contributed by atoms with Crippen LogP contribution in [0.4, 0.5) is 0 Å². The average Bonchev–Trinajstić information content (AvgIpc) is 2.67. The molecule has 0 saturated carbocycles. The van der Waals surface area contributed by atoms with Gasteiger partial charge < -0.3 is 9.47 Å². The Hall–Kier alpha value is -2.62. The van der Waals surface area contributed by atoms with E-state index in [9.17, 15) is 9.59 Å². The van der Waals surface area contributed by atoms with Gasteiger partial charge in [-0.3, -0.25) is 9.59 Å². The molecule has 0 spiro atoms. The summed E-state index contributed by atoms with van der Waals surface area (Å²) in [7, 11) is 0. The molecular formula is C26H34O4. The number of hydrogen-bond acceptors (Lipinski definition) is 4. The van der Waals surface area contributed by atoms with E-state index in [1.165, 1.54) is 0 Å². The first-order valence-corrected chi connectivity index (χ1v) is 10.7. The maximum Gasteiger partial charge on any atom is 0.298 e. The predicted octanol–water partition coefficient (Wildman–Crippen LogP) is 6.92. The molecule has 4 nitrogen and oxygen atoms in total. The predicted molar refractivity (Wildman–Crippen MR) is 122 cm³/mol.